The largest absolute Gasteiger partial charge is 0.475 e. The number of carboxylic acids is 1. The summed E-state index contributed by atoms with van der Waals surface area (Å²) in [5, 5.41) is 17.0. The van der Waals surface area contributed by atoms with E-state index in [4.69, 9.17) is 14.8 Å². The maximum absolute atomic E-state index is 13.2. The zero-order valence-corrected chi connectivity index (χ0v) is 11.2. The Kier molecular flexibility index (Phi) is 3.78. The lowest BCUT2D eigenvalue weighted by Crippen LogP contribution is -2.06. The minimum atomic E-state index is -4.02. The van der Waals surface area contributed by atoms with Crippen LogP contribution in [0.2, 0.25) is 0 Å². The molecule has 0 aliphatic heterocycles. The van der Waals surface area contributed by atoms with Crippen LogP contribution in [0.3, 0.4) is 0 Å². The van der Waals surface area contributed by atoms with Gasteiger partial charge in [-0.3, -0.25) is 0 Å². The molecule has 108 valence electrons. The standard InChI is InChI=1S/C13H8FNO5S/c14-10-2-1-8(6-15)9(5-10)7-21(18,19)12-4-3-11(20-12)13(16)17/h1-5H,7H2,(H,16,17). The van der Waals surface area contributed by atoms with E-state index in [0.717, 1.165) is 24.3 Å². The van der Waals surface area contributed by atoms with Gasteiger partial charge in [0, 0.05) is 0 Å². The average Bonchev–Trinajstić information content (AvgIpc) is 2.89. The van der Waals surface area contributed by atoms with Gasteiger partial charge in [0.2, 0.25) is 20.7 Å². The zero-order valence-electron chi connectivity index (χ0n) is 10.4. The van der Waals surface area contributed by atoms with E-state index in [2.05, 4.69) is 0 Å². The molecular formula is C13H8FNO5S. The number of carbonyl (C=O) groups is 1. The summed E-state index contributed by atoms with van der Waals surface area (Å²) in [6.07, 6.45) is 0. The summed E-state index contributed by atoms with van der Waals surface area (Å²) in [7, 11) is -4.02. The first kappa shape index (κ1) is 14.7. The Morgan fingerprint density at radius 2 is 2.05 bits per heavy atom. The smallest absolute Gasteiger partial charge is 0.371 e. The molecule has 0 bridgehead atoms. The Morgan fingerprint density at radius 3 is 2.62 bits per heavy atom. The highest BCUT2D eigenvalue weighted by molar-refractivity contribution is 7.90. The summed E-state index contributed by atoms with van der Waals surface area (Å²) in [6, 6.07) is 6.93. The van der Waals surface area contributed by atoms with Crippen LogP contribution >= 0.6 is 0 Å². The number of aromatic carboxylic acids is 1. The fourth-order valence-electron chi connectivity index (χ4n) is 1.67. The van der Waals surface area contributed by atoms with Gasteiger partial charge in [0.1, 0.15) is 5.82 Å². The van der Waals surface area contributed by atoms with Crippen molar-refractivity contribution in [1.29, 1.82) is 5.26 Å². The molecule has 0 spiro atoms. The minimum Gasteiger partial charge on any atom is -0.475 e. The molecule has 0 aliphatic carbocycles. The van der Waals surface area contributed by atoms with Gasteiger partial charge >= 0.3 is 5.97 Å². The third-order valence-corrected chi connectivity index (χ3v) is 4.16. The molecule has 8 heteroatoms. The Balaban J connectivity index is 2.40. The first-order valence-corrected chi connectivity index (χ1v) is 7.23. The summed E-state index contributed by atoms with van der Waals surface area (Å²) >= 11 is 0. The molecule has 1 heterocycles. The Hall–Kier alpha value is -2.66. The lowest BCUT2D eigenvalue weighted by atomic mass is 10.1. The molecule has 0 radical (unpaired) electrons. The van der Waals surface area contributed by atoms with Gasteiger partial charge in [-0.2, -0.15) is 5.26 Å². The monoisotopic (exact) mass is 309 g/mol. The van der Waals surface area contributed by atoms with Crippen LogP contribution in [0.4, 0.5) is 4.39 Å². The molecule has 0 unspecified atom stereocenters. The van der Waals surface area contributed by atoms with E-state index >= 15 is 0 Å². The zero-order chi connectivity index (χ0) is 15.6. The van der Waals surface area contributed by atoms with Gasteiger partial charge in [0.15, 0.2) is 0 Å². The van der Waals surface area contributed by atoms with E-state index in [0.29, 0.717) is 0 Å². The molecule has 21 heavy (non-hydrogen) atoms. The van der Waals surface area contributed by atoms with Gasteiger partial charge in [0.25, 0.3) is 0 Å². The van der Waals surface area contributed by atoms with Gasteiger partial charge in [-0.15, -0.1) is 0 Å². The maximum atomic E-state index is 13.2. The lowest BCUT2D eigenvalue weighted by Gasteiger charge is -2.04. The van der Waals surface area contributed by atoms with E-state index in [9.17, 15) is 17.6 Å². The second-order valence-electron chi connectivity index (χ2n) is 4.10. The summed E-state index contributed by atoms with van der Waals surface area (Å²) in [6.45, 7) is 0. The minimum absolute atomic E-state index is 0.0185. The van der Waals surface area contributed by atoms with Gasteiger partial charge in [-0.1, -0.05) is 0 Å². The number of halogens is 1. The summed E-state index contributed by atoms with van der Waals surface area (Å²) in [5.41, 5.74) is -0.00392. The van der Waals surface area contributed by atoms with E-state index < -0.39 is 38.2 Å². The number of rotatable bonds is 4. The normalized spacial score (nSPS) is 11.0. The summed E-state index contributed by atoms with van der Waals surface area (Å²) < 4.78 is 42.1. The van der Waals surface area contributed by atoms with Crippen LogP contribution < -0.4 is 0 Å². The molecular weight excluding hydrogens is 301 g/mol. The number of sulfone groups is 1. The molecule has 2 aromatic rings. The van der Waals surface area contributed by atoms with E-state index in [1.54, 1.807) is 6.07 Å². The van der Waals surface area contributed by atoms with Crippen LogP contribution in [-0.2, 0) is 15.6 Å². The van der Waals surface area contributed by atoms with Crippen LogP contribution in [0.5, 0.6) is 0 Å². The second-order valence-corrected chi connectivity index (χ2v) is 6.02. The molecule has 1 aromatic heterocycles. The third-order valence-electron chi connectivity index (χ3n) is 2.63. The predicted molar refractivity (Wildman–Crippen MR) is 67.7 cm³/mol. The Bertz CT molecular complexity index is 848. The summed E-state index contributed by atoms with van der Waals surface area (Å²) in [4.78, 5) is 10.7. The highest BCUT2D eigenvalue weighted by atomic mass is 32.2. The number of benzene rings is 1. The lowest BCUT2D eigenvalue weighted by molar-refractivity contribution is 0.0656. The first-order chi connectivity index (χ1) is 9.83. The molecule has 0 amide bonds. The molecule has 0 aliphatic rings. The Labute approximate surface area is 119 Å². The van der Waals surface area contributed by atoms with Crippen LogP contribution in [0.1, 0.15) is 21.7 Å². The van der Waals surface area contributed by atoms with Crippen molar-refractivity contribution in [3.8, 4) is 6.07 Å². The summed E-state index contributed by atoms with van der Waals surface area (Å²) in [5.74, 6) is -3.27. The van der Waals surface area contributed by atoms with E-state index in [-0.39, 0.29) is 11.1 Å². The van der Waals surface area contributed by atoms with Crippen molar-refractivity contribution in [2.75, 3.05) is 0 Å². The van der Waals surface area contributed by atoms with Crippen molar-refractivity contribution >= 4 is 15.8 Å². The highest BCUT2D eigenvalue weighted by Crippen LogP contribution is 2.21. The molecule has 6 nitrogen and oxygen atoms in total. The fraction of sp³-hybridized carbons (Fsp3) is 0.0769. The quantitative estimate of drug-likeness (QED) is 0.924. The van der Waals surface area contributed by atoms with Crippen molar-refractivity contribution < 1.29 is 27.1 Å². The van der Waals surface area contributed by atoms with Crippen LogP contribution in [-0.4, -0.2) is 19.5 Å². The van der Waals surface area contributed by atoms with Gasteiger partial charge in [0.05, 0.1) is 17.4 Å². The van der Waals surface area contributed by atoms with Gasteiger partial charge in [-0.05, 0) is 35.9 Å². The first-order valence-electron chi connectivity index (χ1n) is 5.58. The van der Waals surface area contributed by atoms with Crippen LogP contribution in [0.25, 0.3) is 0 Å². The van der Waals surface area contributed by atoms with Crippen molar-refractivity contribution in [1.82, 2.24) is 0 Å². The van der Waals surface area contributed by atoms with E-state index in [1.165, 1.54) is 6.07 Å². The molecule has 0 fully saturated rings. The molecule has 0 saturated heterocycles. The highest BCUT2D eigenvalue weighted by Gasteiger charge is 2.23. The average molecular weight is 309 g/mol. The SMILES string of the molecule is N#Cc1ccc(F)cc1CS(=O)(=O)c1ccc(C(=O)O)o1. The van der Waals surface area contributed by atoms with Crippen molar-refractivity contribution in [2.24, 2.45) is 0 Å². The van der Waals surface area contributed by atoms with E-state index in [1.807, 2.05) is 0 Å². The number of carboxylic acid groups (broad SMARTS) is 1. The number of nitriles is 1. The van der Waals surface area contributed by atoms with Crippen molar-refractivity contribution in [3.05, 3.63) is 53.0 Å². The topological polar surface area (TPSA) is 108 Å². The fourth-order valence-corrected chi connectivity index (χ4v) is 2.95. The van der Waals surface area contributed by atoms with Crippen molar-refractivity contribution in [3.63, 3.8) is 0 Å². The maximum Gasteiger partial charge on any atom is 0.371 e. The molecule has 1 aromatic carbocycles. The van der Waals surface area contributed by atoms with Crippen molar-refractivity contribution in [2.45, 2.75) is 10.8 Å². The Morgan fingerprint density at radius 1 is 1.33 bits per heavy atom. The molecule has 2 rings (SSSR count). The van der Waals surface area contributed by atoms with Crippen LogP contribution in [0, 0.1) is 17.1 Å². The van der Waals surface area contributed by atoms with Crippen LogP contribution in [0.15, 0.2) is 39.8 Å². The molecule has 0 saturated carbocycles. The van der Waals surface area contributed by atoms with Gasteiger partial charge in [-0.25, -0.2) is 17.6 Å². The number of nitrogens with zero attached hydrogens (tertiary/aromatic N) is 1. The number of hydrogen-bond donors (Lipinski definition) is 1. The number of furan rings is 1. The van der Waals surface area contributed by atoms with Gasteiger partial charge < -0.3 is 9.52 Å². The molecule has 0 atom stereocenters. The predicted octanol–water partition coefficient (Wildman–Crippen LogP) is 1.96. The number of hydrogen-bond acceptors (Lipinski definition) is 5. The molecule has 1 N–H and O–H groups in total. The third kappa shape index (κ3) is 3.09. The second kappa shape index (κ2) is 5.38.